The first-order valence-corrected chi connectivity index (χ1v) is 7.05. The maximum atomic E-state index is 11.9. The van der Waals surface area contributed by atoms with Gasteiger partial charge in [-0.3, -0.25) is 4.79 Å². The van der Waals surface area contributed by atoms with Crippen LogP contribution in [-0.4, -0.2) is 17.7 Å². The predicted octanol–water partition coefficient (Wildman–Crippen LogP) is 4.01. The lowest BCUT2D eigenvalue weighted by Crippen LogP contribution is -2.24. The van der Waals surface area contributed by atoms with Gasteiger partial charge in [0.25, 0.3) is 0 Å². The van der Waals surface area contributed by atoms with E-state index in [0.29, 0.717) is 28.6 Å². The van der Waals surface area contributed by atoms with Crippen LogP contribution in [0.15, 0.2) is 18.2 Å². The van der Waals surface area contributed by atoms with Gasteiger partial charge in [0.15, 0.2) is 0 Å². The molecule has 106 valence electrons. The number of benzene rings is 1. The minimum absolute atomic E-state index is 0.294. The summed E-state index contributed by atoms with van der Waals surface area (Å²) in [5.41, 5.74) is 0.531. The Hall–Kier alpha value is -0.770. The second-order valence-corrected chi connectivity index (χ2v) is 5.17. The Labute approximate surface area is 123 Å². The number of carbonyl (C=O) groups excluding carboxylic acids is 1. The van der Waals surface area contributed by atoms with Crippen LogP contribution in [0.25, 0.3) is 0 Å². The van der Waals surface area contributed by atoms with E-state index in [0.717, 1.165) is 6.42 Å². The zero-order chi connectivity index (χ0) is 14.4. The summed E-state index contributed by atoms with van der Waals surface area (Å²) in [4.78, 5) is 11.9. The summed E-state index contributed by atoms with van der Waals surface area (Å²) in [6, 6.07) is 4.80. The van der Waals surface area contributed by atoms with Crippen molar-refractivity contribution in [2.75, 3.05) is 6.61 Å². The second-order valence-electron chi connectivity index (χ2n) is 4.29. The molecule has 3 nitrogen and oxygen atoms in total. The van der Waals surface area contributed by atoms with E-state index < -0.39 is 18.0 Å². The molecule has 0 aromatic heterocycles. The van der Waals surface area contributed by atoms with Crippen LogP contribution in [0.3, 0.4) is 0 Å². The molecule has 0 aliphatic rings. The highest BCUT2D eigenvalue weighted by Crippen LogP contribution is 2.30. The largest absolute Gasteiger partial charge is 0.466 e. The van der Waals surface area contributed by atoms with E-state index in [1.807, 2.05) is 6.92 Å². The fraction of sp³-hybridized carbons (Fsp3) is 0.500. The molecule has 0 bridgehead atoms. The maximum Gasteiger partial charge on any atom is 0.311 e. The topological polar surface area (TPSA) is 46.5 Å². The summed E-state index contributed by atoms with van der Waals surface area (Å²) in [5, 5.41) is 11.2. The van der Waals surface area contributed by atoms with Gasteiger partial charge in [-0.1, -0.05) is 36.5 Å². The van der Waals surface area contributed by atoms with Crippen LogP contribution in [0.4, 0.5) is 0 Å². The van der Waals surface area contributed by atoms with Crippen molar-refractivity contribution < 1.29 is 14.6 Å². The summed E-state index contributed by atoms with van der Waals surface area (Å²) in [5.74, 6) is -0.993. The zero-order valence-corrected chi connectivity index (χ0v) is 12.5. The molecule has 2 atom stereocenters. The van der Waals surface area contributed by atoms with Crippen molar-refractivity contribution in [3.8, 4) is 0 Å². The van der Waals surface area contributed by atoms with Crippen LogP contribution in [0.1, 0.15) is 38.4 Å². The summed E-state index contributed by atoms with van der Waals surface area (Å²) in [6.07, 6.45) is 0.356. The molecular weight excluding hydrogens is 287 g/mol. The smallest absolute Gasteiger partial charge is 0.311 e. The van der Waals surface area contributed by atoms with Gasteiger partial charge in [-0.05, 0) is 37.1 Å². The van der Waals surface area contributed by atoms with Gasteiger partial charge < -0.3 is 9.84 Å². The van der Waals surface area contributed by atoms with E-state index in [-0.39, 0.29) is 0 Å². The lowest BCUT2D eigenvalue weighted by Gasteiger charge is -2.21. The molecular formula is C14H18Cl2O3. The third-order valence-electron chi connectivity index (χ3n) is 2.80. The molecule has 0 aliphatic heterocycles. The molecule has 0 radical (unpaired) electrons. The molecule has 5 heteroatoms. The average Bonchev–Trinajstić information content (AvgIpc) is 2.34. The number of aliphatic hydroxyl groups is 1. The lowest BCUT2D eigenvalue weighted by molar-refractivity contribution is -0.152. The highest BCUT2D eigenvalue weighted by Gasteiger charge is 2.28. The van der Waals surface area contributed by atoms with Crippen molar-refractivity contribution in [2.24, 2.45) is 5.92 Å². The Morgan fingerprint density at radius 2 is 1.84 bits per heavy atom. The first-order valence-electron chi connectivity index (χ1n) is 6.30. The molecule has 19 heavy (non-hydrogen) atoms. The molecule has 1 aromatic rings. The van der Waals surface area contributed by atoms with Gasteiger partial charge in [0.05, 0.1) is 18.6 Å². The van der Waals surface area contributed by atoms with E-state index in [1.54, 1.807) is 25.1 Å². The minimum Gasteiger partial charge on any atom is -0.466 e. The molecule has 0 saturated carbocycles. The minimum atomic E-state index is -0.963. The summed E-state index contributed by atoms with van der Waals surface area (Å²) >= 11 is 11.8. The summed E-state index contributed by atoms with van der Waals surface area (Å²) in [7, 11) is 0. The molecule has 0 saturated heterocycles. The quantitative estimate of drug-likeness (QED) is 0.808. The van der Waals surface area contributed by atoms with Crippen molar-refractivity contribution >= 4 is 29.2 Å². The van der Waals surface area contributed by atoms with Crippen molar-refractivity contribution in [1.29, 1.82) is 0 Å². The Balaban J connectivity index is 2.97. The number of esters is 1. The van der Waals surface area contributed by atoms with Crippen molar-refractivity contribution in [3.05, 3.63) is 33.8 Å². The van der Waals surface area contributed by atoms with E-state index in [4.69, 9.17) is 27.9 Å². The summed E-state index contributed by atoms with van der Waals surface area (Å²) < 4.78 is 4.99. The molecule has 0 heterocycles. The van der Waals surface area contributed by atoms with Crippen LogP contribution in [0, 0.1) is 5.92 Å². The van der Waals surface area contributed by atoms with Crippen LogP contribution in [-0.2, 0) is 9.53 Å². The number of aliphatic hydroxyl groups excluding tert-OH is 1. The van der Waals surface area contributed by atoms with Gasteiger partial charge in [0.1, 0.15) is 0 Å². The Bertz CT molecular complexity index is 414. The zero-order valence-electron chi connectivity index (χ0n) is 11.0. The SMILES string of the molecule is CCCC(C(=O)OCC)C(O)c1cc(Cl)cc(Cl)c1. The molecule has 0 aliphatic carbocycles. The number of rotatable bonds is 6. The molecule has 0 fully saturated rings. The van der Waals surface area contributed by atoms with E-state index >= 15 is 0 Å². The molecule has 2 unspecified atom stereocenters. The van der Waals surface area contributed by atoms with Gasteiger partial charge >= 0.3 is 5.97 Å². The third-order valence-corrected chi connectivity index (χ3v) is 3.23. The van der Waals surface area contributed by atoms with Crippen LogP contribution in [0.2, 0.25) is 10.0 Å². The first kappa shape index (κ1) is 16.3. The maximum absolute atomic E-state index is 11.9. The van der Waals surface area contributed by atoms with Crippen molar-refractivity contribution in [3.63, 3.8) is 0 Å². The van der Waals surface area contributed by atoms with Gasteiger partial charge in [0.2, 0.25) is 0 Å². The van der Waals surface area contributed by atoms with E-state index in [1.165, 1.54) is 0 Å². The van der Waals surface area contributed by atoms with E-state index in [9.17, 15) is 9.90 Å². The fourth-order valence-corrected chi connectivity index (χ4v) is 2.49. The van der Waals surface area contributed by atoms with Crippen LogP contribution >= 0.6 is 23.2 Å². The van der Waals surface area contributed by atoms with Crippen LogP contribution < -0.4 is 0 Å². The monoisotopic (exact) mass is 304 g/mol. The number of carbonyl (C=O) groups is 1. The second kappa shape index (κ2) is 7.73. The molecule has 0 amide bonds. The van der Waals surface area contributed by atoms with Gasteiger partial charge in [-0.15, -0.1) is 0 Å². The third kappa shape index (κ3) is 4.68. The first-order chi connectivity index (χ1) is 8.99. The normalized spacial score (nSPS) is 13.9. The standard InChI is InChI=1S/C14H18Cl2O3/c1-3-5-12(14(18)19-4-2)13(17)9-6-10(15)8-11(16)7-9/h6-8,12-13,17H,3-5H2,1-2H3. The Morgan fingerprint density at radius 1 is 1.26 bits per heavy atom. The average molecular weight is 305 g/mol. The lowest BCUT2D eigenvalue weighted by atomic mass is 9.92. The molecule has 1 N–H and O–H groups in total. The highest BCUT2D eigenvalue weighted by molar-refractivity contribution is 6.34. The summed E-state index contributed by atoms with van der Waals surface area (Å²) in [6.45, 7) is 3.98. The molecule has 1 aromatic carbocycles. The van der Waals surface area contributed by atoms with E-state index in [2.05, 4.69) is 0 Å². The number of hydrogen-bond acceptors (Lipinski definition) is 3. The van der Waals surface area contributed by atoms with Crippen molar-refractivity contribution in [2.45, 2.75) is 32.8 Å². The number of halogens is 2. The number of hydrogen-bond donors (Lipinski definition) is 1. The Morgan fingerprint density at radius 3 is 2.32 bits per heavy atom. The highest BCUT2D eigenvalue weighted by atomic mass is 35.5. The van der Waals surface area contributed by atoms with Crippen LogP contribution in [0.5, 0.6) is 0 Å². The number of ether oxygens (including phenoxy) is 1. The fourth-order valence-electron chi connectivity index (χ4n) is 1.94. The molecule has 1 rings (SSSR count). The van der Waals surface area contributed by atoms with Gasteiger partial charge in [0, 0.05) is 10.0 Å². The predicted molar refractivity (Wildman–Crippen MR) is 76.5 cm³/mol. The van der Waals surface area contributed by atoms with Gasteiger partial charge in [-0.25, -0.2) is 0 Å². The van der Waals surface area contributed by atoms with Crippen molar-refractivity contribution in [1.82, 2.24) is 0 Å². The Kier molecular flexibility index (Phi) is 6.63. The van der Waals surface area contributed by atoms with Gasteiger partial charge in [-0.2, -0.15) is 0 Å². The molecule has 0 spiro atoms.